The predicted molar refractivity (Wildman–Crippen MR) is 115 cm³/mol. The lowest BCUT2D eigenvalue weighted by atomic mass is 9.95. The van der Waals surface area contributed by atoms with Crippen LogP contribution < -0.4 is 5.63 Å². The fraction of sp³-hybridized carbons (Fsp3) is 0.320. The molecule has 0 saturated carbocycles. The van der Waals surface area contributed by atoms with Crippen LogP contribution >= 0.6 is 0 Å². The highest BCUT2D eigenvalue weighted by Gasteiger charge is 2.20. The molecular formula is C25H26O3. The third-order valence-corrected chi connectivity index (χ3v) is 5.73. The molecule has 0 unspecified atom stereocenters. The zero-order valence-electron chi connectivity index (χ0n) is 17.0. The number of hydrogen-bond donors (Lipinski definition) is 0. The molecule has 0 bridgehead atoms. The molecule has 3 nitrogen and oxygen atoms in total. The summed E-state index contributed by atoms with van der Waals surface area (Å²) in [7, 11) is 0. The van der Waals surface area contributed by atoms with Crippen LogP contribution in [0.25, 0.3) is 33.1 Å². The van der Waals surface area contributed by atoms with Gasteiger partial charge in [-0.2, -0.15) is 0 Å². The van der Waals surface area contributed by atoms with Crippen LogP contribution in [0.1, 0.15) is 48.6 Å². The highest BCUT2D eigenvalue weighted by Crippen LogP contribution is 2.39. The molecular weight excluding hydrogens is 348 g/mol. The number of furan rings is 1. The van der Waals surface area contributed by atoms with Crippen LogP contribution in [0, 0.1) is 20.8 Å². The van der Waals surface area contributed by atoms with Gasteiger partial charge in [-0.05, 0) is 50.8 Å². The van der Waals surface area contributed by atoms with Gasteiger partial charge in [0.25, 0.3) is 0 Å². The van der Waals surface area contributed by atoms with Crippen molar-refractivity contribution in [2.45, 2.75) is 53.4 Å². The first kappa shape index (κ1) is 18.5. The van der Waals surface area contributed by atoms with Crippen LogP contribution in [-0.2, 0) is 6.42 Å². The van der Waals surface area contributed by atoms with Crippen LogP contribution in [0.5, 0.6) is 0 Å². The van der Waals surface area contributed by atoms with E-state index in [1.165, 1.54) is 0 Å². The number of fused-ring (bicyclic) bond motifs is 2. The van der Waals surface area contributed by atoms with E-state index in [0.717, 1.165) is 75.6 Å². The van der Waals surface area contributed by atoms with Crippen LogP contribution in [0.2, 0.25) is 0 Å². The van der Waals surface area contributed by atoms with E-state index in [-0.39, 0.29) is 5.63 Å². The minimum atomic E-state index is -0.213. The molecule has 2 aromatic heterocycles. The Balaban J connectivity index is 2.01. The van der Waals surface area contributed by atoms with Gasteiger partial charge in [-0.25, -0.2) is 4.79 Å². The third-order valence-electron chi connectivity index (χ3n) is 5.73. The average Bonchev–Trinajstić information content (AvgIpc) is 3.03. The number of aryl methyl sites for hydroxylation is 3. The standard InChI is InChI=1S/C25H26O3/c1-5-6-8-13-19-15(2)20-14-21-22(18-11-9-7-10-12-18)17(4)27-24(21)16(3)23(20)28-25(19)26/h7,9-12,14H,5-6,8,13H2,1-4H3. The van der Waals surface area contributed by atoms with E-state index < -0.39 is 0 Å². The van der Waals surface area contributed by atoms with Crippen LogP contribution in [0.4, 0.5) is 0 Å². The lowest BCUT2D eigenvalue weighted by Crippen LogP contribution is -2.10. The van der Waals surface area contributed by atoms with Crippen molar-refractivity contribution >= 4 is 21.9 Å². The van der Waals surface area contributed by atoms with Gasteiger partial charge in [0.05, 0.1) is 0 Å². The topological polar surface area (TPSA) is 43.4 Å². The molecule has 2 aromatic carbocycles. The van der Waals surface area contributed by atoms with Crippen molar-refractivity contribution in [2.24, 2.45) is 0 Å². The van der Waals surface area contributed by atoms with Crippen molar-refractivity contribution in [2.75, 3.05) is 0 Å². The third kappa shape index (κ3) is 2.95. The molecule has 0 atom stereocenters. The first-order chi connectivity index (χ1) is 13.5. The van der Waals surface area contributed by atoms with Crippen molar-refractivity contribution < 1.29 is 8.83 Å². The highest BCUT2D eigenvalue weighted by atomic mass is 16.4. The van der Waals surface area contributed by atoms with Gasteiger partial charge < -0.3 is 8.83 Å². The minimum Gasteiger partial charge on any atom is -0.460 e. The summed E-state index contributed by atoms with van der Waals surface area (Å²) in [5.41, 5.74) is 6.20. The Bertz CT molecular complexity index is 1210. The van der Waals surface area contributed by atoms with Crippen molar-refractivity contribution in [3.05, 3.63) is 69.3 Å². The van der Waals surface area contributed by atoms with Gasteiger partial charge in [0, 0.05) is 27.5 Å². The minimum absolute atomic E-state index is 0.213. The molecule has 0 amide bonds. The average molecular weight is 374 g/mol. The molecule has 4 aromatic rings. The highest BCUT2D eigenvalue weighted by molar-refractivity contribution is 6.05. The fourth-order valence-corrected chi connectivity index (χ4v) is 4.18. The summed E-state index contributed by atoms with van der Waals surface area (Å²) in [6.45, 7) is 8.18. The first-order valence-corrected chi connectivity index (χ1v) is 10.1. The molecule has 0 fully saturated rings. The molecule has 2 heterocycles. The number of unbranched alkanes of at least 4 members (excludes halogenated alkanes) is 2. The van der Waals surface area contributed by atoms with Crippen LogP contribution in [0.3, 0.4) is 0 Å². The van der Waals surface area contributed by atoms with E-state index in [1.54, 1.807) is 0 Å². The Labute approximate surface area is 165 Å². The quantitative estimate of drug-likeness (QED) is 0.283. The summed E-state index contributed by atoms with van der Waals surface area (Å²) in [5.74, 6) is 0.878. The Morgan fingerprint density at radius 2 is 1.57 bits per heavy atom. The molecule has 0 saturated heterocycles. The van der Waals surface area contributed by atoms with Gasteiger partial charge in [-0.1, -0.05) is 50.1 Å². The van der Waals surface area contributed by atoms with Crippen molar-refractivity contribution in [1.82, 2.24) is 0 Å². The predicted octanol–water partition coefficient (Wildman–Crippen LogP) is 6.86. The van der Waals surface area contributed by atoms with E-state index in [1.807, 2.05) is 39.0 Å². The Morgan fingerprint density at radius 1 is 0.857 bits per heavy atom. The Hall–Kier alpha value is -2.81. The smallest absolute Gasteiger partial charge is 0.339 e. The van der Waals surface area contributed by atoms with Gasteiger partial charge >= 0.3 is 5.63 Å². The number of rotatable bonds is 5. The zero-order valence-corrected chi connectivity index (χ0v) is 17.0. The SMILES string of the molecule is CCCCCc1c(C)c2cc3c(-c4ccccc4)c(C)oc3c(C)c2oc1=O. The molecule has 4 rings (SSSR count). The second-order valence-corrected chi connectivity index (χ2v) is 7.60. The second-order valence-electron chi connectivity index (χ2n) is 7.60. The summed E-state index contributed by atoms with van der Waals surface area (Å²) in [4.78, 5) is 12.6. The lowest BCUT2D eigenvalue weighted by molar-refractivity contribution is 0.539. The van der Waals surface area contributed by atoms with Gasteiger partial charge in [0.1, 0.15) is 16.9 Å². The molecule has 144 valence electrons. The largest absolute Gasteiger partial charge is 0.460 e. The molecule has 0 aliphatic carbocycles. The van der Waals surface area contributed by atoms with E-state index in [9.17, 15) is 4.79 Å². The monoisotopic (exact) mass is 374 g/mol. The maximum Gasteiger partial charge on any atom is 0.339 e. The summed E-state index contributed by atoms with van der Waals surface area (Å²) in [6, 6.07) is 12.4. The molecule has 0 spiro atoms. The van der Waals surface area contributed by atoms with Crippen molar-refractivity contribution in [1.29, 1.82) is 0 Å². The molecule has 28 heavy (non-hydrogen) atoms. The van der Waals surface area contributed by atoms with Gasteiger partial charge in [0.15, 0.2) is 0 Å². The molecule has 3 heteroatoms. The van der Waals surface area contributed by atoms with E-state index in [2.05, 4.69) is 25.1 Å². The van der Waals surface area contributed by atoms with E-state index in [0.29, 0.717) is 5.58 Å². The summed E-state index contributed by atoms with van der Waals surface area (Å²) in [5, 5.41) is 2.08. The van der Waals surface area contributed by atoms with Gasteiger partial charge in [-0.3, -0.25) is 0 Å². The maximum absolute atomic E-state index is 12.6. The first-order valence-electron chi connectivity index (χ1n) is 10.1. The second kappa shape index (κ2) is 7.31. The zero-order chi connectivity index (χ0) is 19.8. The molecule has 0 aliphatic rings. The maximum atomic E-state index is 12.6. The molecule has 0 aliphatic heterocycles. The van der Waals surface area contributed by atoms with Gasteiger partial charge in [-0.15, -0.1) is 0 Å². The normalized spacial score (nSPS) is 11.6. The van der Waals surface area contributed by atoms with E-state index >= 15 is 0 Å². The van der Waals surface area contributed by atoms with Crippen molar-refractivity contribution in [3.63, 3.8) is 0 Å². The molecule has 0 radical (unpaired) electrons. The summed E-state index contributed by atoms with van der Waals surface area (Å²) < 4.78 is 11.9. The van der Waals surface area contributed by atoms with E-state index in [4.69, 9.17) is 8.83 Å². The van der Waals surface area contributed by atoms with Crippen LogP contribution in [-0.4, -0.2) is 0 Å². The lowest BCUT2D eigenvalue weighted by Gasteiger charge is -2.10. The summed E-state index contributed by atoms with van der Waals surface area (Å²) in [6.07, 6.45) is 4.03. The summed E-state index contributed by atoms with van der Waals surface area (Å²) >= 11 is 0. The number of benzene rings is 2. The Morgan fingerprint density at radius 3 is 2.29 bits per heavy atom. The van der Waals surface area contributed by atoms with Crippen LogP contribution in [0.15, 0.2) is 50.0 Å². The fourth-order valence-electron chi connectivity index (χ4n) is 4.18. The van der Waals surface area contributed by atoms with Gasteiger partial charge in [0.2, 0.25) is 0 Å². The number of hydrogen-bond acceptors (Lipinski definition) is 3. The van der Waals surface area contributed by atoms with Crippen molar-refractivity contribution in [3.8, 4) is 11.1 Å². The molecule has 0 N–H and O–H groups in total. The Kier molecular flexibility index (Phi) is 4.84.